The molecule has 30 heavy (non-hydrogen) atoms. The normalized spacial score (nSPS) is 26.5. The van der Waals surface area contributed by atoms with Crippen LogP contribution >= 0.6 is 0 Å². The van der Waals surface area contributed by atoms with Gasteiger partial charge in [-0.1, -0.05) is 0 Å². The fourth-order valence-electron chi connectivity index (χ4n) is 4.70. The Hall–Kier alpha value is -2.29. The van der Waals surface area contributed by atoms with Crippen LogP contribution in [0, 0.1) is 0 Å². The summed E-state index contributed by atoms with van der Waals surface area (Å²) in [5, 5.41) is 21.4. The van der Waals surface area contributed by atoms with Crippen molar-refractivity contribution in [2.24, 2.45) is 0 Å². The molecule has 2 aliphatic heterocycles. The Bertz CT molecular complexity index is 821. The second kappa shape index (κ2) is 8.83. The largest absolute Gasteiger partial charge is 0.388 e. The molecule has 2 atom stereocenters. The number of ether oxygens (including phenoxy) is 1. The number of aromatic amines is 1. The third-order valence-electron chi connectivity index (χ3n) is 6.58. The van der Waals surface area contributed by atoms with Crippen molar-refractivity contribution in [3.05, 3.63) is 48.0 Å². The summed E-state index contributed by atoms with van der Waals surface area (Å²) in [6, 6.07) is 5.82. The van der Waals surface area contributed by atoms with E-state index in [1.54, 1.807) is 18.6 Å². The molecule has 2 fully saturated rings. The van der Waals surface area contributed by atoms with Crippen LogP contribution in [0.3, 0.4) is 0 Å². The summed E-state index contributed by atoms with van der Waals surface area (Å²) in [7, 11) is 0. The molecule has 1 amide bonds. The van der Waals surface area contributed by atoms with Gasteiger partial charge in [0.25, 0.3) is 0 Å². The van der Waals surface area contributed by atoms with Gasteiger partial charge in [0.2, 0.25) is 5.91 Å². The van der Waals surface area contributed by atoms with Gasteiger partial charge in [-0.3, -0.25) is 19.8 Å². The number of hydrogen-bond acceptors (Lipinski definition) is 6. The quantitative estimate of drug-likeness (QED) is 0.662. The zero-order valence-electron chi connectivity index (χ0n) is 17.5. The molecule has 0 saturated carbocycles. The van der Waals surface area contributed by atoms with Gasteiger partial charge >= 0.3 is 0 Å². The lowest BCUT2D eigenvalue weighted by Crippen LogP contribution is -2.69. The number of likely N-dealkylation sites (tertiary alicyclic amines) is 1. The topological polar surface area (TPSA) is 103 Å². The molecule has 0 aliphatic carbocycles. The first kappa shape index (κ1) is 21.0. The molecule has 3 N–H and O–H groups in total. The number of nitrogens with zero attached hydrogens (tertiary/aromatic N) is 3. The molecule has 2 aromatic heterocycles. The van der Waals surface area contributed by atoms with E-state index in [1.807, 2.05) is 25.1 Å². The fourth-order valence-corrected chi connectivity index (χ4v) is 4.70. The number of H-pyrrole nitrogens is 1. The SMILES string of the molecule is C[C@@]1(NC(=O)CCc2ccncc2)CCOC2(CCN(Cc3ccn[nH]3)CC2)[C@H]1O. The van der Waals surface area contributed by atoms with Crippen molar-refractivity contribution in [3.8, 4) is 0 Å². The monoisotopic (exact) mass is 413 g/mol. The Morgan fingerprint density at radius 3 is 2.73 bits per heavy atom. The molecule has 162 valence electrons. The van der Waals surface area contributed by atoms with E-state index in [0.717, 1.165) is 43.7 Å². The Morgan fingerprint density at radius 1 is 1.27 bits per heavy atom. The highest BCUT2D eigenvalue weighted by Gasteiger charge is 2.53. The minimum Gasteiger partial charge on any atom is -0.388 e. The van der Waals surface area contributed by atoms with Gasteiger partial charge in [-0.2, -0.15) is 5.10 Å². The zero-order chi connectivity index (χ0) is 21.0. The van der Waals surface area contributed by atoms with E-state index < -0.39 is 17.2 Å². The summed E-state index contributed by atoms with van der Waals surface area (Å²) in [5.41, 5.74) is 0.885. The number of nitrogens with one attached hydrogen (secondary N) is 2. The van der Waals surface area contributed by atoms with Crippen molar-refractivity contribution in [1.82, 2.24) is 25.4 Å². The van der Waals surface area contributed by atoms with Crippen LogP contribution in [0.1, 0.15) is 43.9 Å². The number of rotatable bonds is 6. The summed E-state index contributed by atoms with van der Waals surface area (Å²) >= 11 is 0. The maximum atomic E-state index is 12.6. The highest BCUT2D eigenvalue weighted by atomic mass is 16.5. The number of amides is 1. The standard InChI is InChI=1S/C22H31N5O3/c1-21(25-19(28)3-2-17-4-10-23-11-5-17)9-15-30-22(20(21)29)7-13-27(14-8-22)16-18-6-12-24-26-18/h4-6,10-12,20,29H,2-3,7-9,13-16H2,1H3,(H,24,26)(H,25,28)/t20-,21+/m0/s1. The minimum absolute atomic E-state index is 0.0397. The molecule has 2 saturated heterocycles. The van der Waals surface area contributed by atoms with Crippen LogP contribution in [0.2, 0.25) is 0 Å². The van der Waals surface area contributed by atoms with Gasteiger partial charge in [-0.15, -0.1) is 0 Å². The van der Waals surface area contributed by atoms with E-state index in [-0.39, 0.29) is 5.91 Å². The molecule has 2 aromatic rings. The van der Waals surface area contributed by atoms with Gasteiger partial charge in [-0.25, -0.2) is 0 Å². The molecule has 4 rings (SSSR count). The molecule has 0 bridgehead atoms. The van der Waals surface area contributed by atoms with Crippen LogP contribution in [0.15, 0.2) is 36.8 Å². The molecular formula is C22H31N5O3. The second-order valence-corrected chi connectivity index (χ2v) is 8.74. The van der Waals surface area contributed by atoms with Crippen molar-refractivity contribution < 1.29 is 14.6 Å². The van der Waals surface area contributed by atoms with Crippen molar-refractivity contribution in [2.45, 2.75) is 62.8 Å². The number of pyridine rings is 1. The molecule has 2 aliphatic rings. The van der Waals surface area contributed by atoms with Gasteiger partial charge in [0, 0.05) is 56.9 Å². The van der Waals surface area contributed by atoms with Crippen molar-refractivity contribution >= 4 is 5.91 Å². The minimum atomic E-state index is -0.738. The third kappa shape index (κ3) is 4.55. The predicted octanol–water partition coefficient (Wildman–Crippen LogP) is 1.43. The number of hydrogen-bond donors (Lipinski definition) is 3. The number of carbonyl (C=O) groups excluding carboxylic acids is 1. The van der Waals surface area contributed by atoms with Gasteiger partial charge < -0.3 is 15.2 Å². The van der Waals surface area contributed by atoms with E-state index >= 15 is 0 Å². The number of aliphatic hydroxyl groups is 1. The number of aromatic nitrogens is 3. The molecular weight excluding hydrogens is 382 g/mol. The first-order chi connectivity index (χ1) is 14.5. The van der Waals surface area contributed by atoms with Crippen LogP contribution in [-0.2, 0) is 22.5 Å². The fraction of sp³-hybridized carbons (Fsp3) is 0.591. The van der Waals surface area contributed by atoms with Crippen molar-refractivity contribution in [3.63, 3.8) is 0 Å². The van der Waals surface area contributed by atoms with Crippen LogP contribution < -0.4 is 5.32 Å². The predicted molar refractivity (Wildman–Crippen MR) is 112 cm³/mol. The smallest absolute Gasteiger partial charge is 0.220 e. The van der Waals surface area contributed by atoms with Crippen molar-refractivity contribution in [2.75, 3.05) is 19.7 Å². The third-order valence-corrected chi connectivity index (χ3v) is 6.58. The average molecular weight is 414 g/mol. The van der Waals surface area contributed by atoms with Crippen LogP contribution in [-0.4, -0.2) is 68.0 Å². The number of piperidine rings is 1. The Balaban J connectivity index is 1.33. The Morgan fingerprint density at radius 2 is 2.03 bits per heavy atom. The molecule has 0 aromatic carbocycles. The summed E-state index contributed by atoms with van der Waals surface area (Å²) in [6.45, 7) is 4.97. The van der Waals surface area contributed by atoms with Crippen LogP contribution in [0.25, 0.3) is 0 Å². The second-order valence-electron chi connectivity index (χ2n) is 8.74. The molecule has 0 unspecified atom stereocenters. The van der Waals surface area contributed by atoms with E-state index in [0.29, 0.717) is 25.9 Å². The highest BCUT2D eigenvalue weighted by molar-refractivity contribution is 5.77. The maximum Gasteiger partial charge on any atom is 0.220 e. The maximum absolute atomic E-state index is 12.6. The van der Waals surface area contributed by atoms with Gasteiger partial charge in [0.15, 0.2) is 0 Å². The van der Waals surface area contributed by atoms with Gasteiger partial charge in [0.05, 0.1) is 11.1 Å². The van der Waals surface area contributed by atoms with E-state index in [1.165, 1.54) is 0 Å². The number of aryl methyl sites for hydroxylation is 1. The lowest BCUT2D eigenvalue weighted by atomic mass is 9.73. The van der Waals surface area contributed by atoms with Crippen LogP contribution in [0.5, 0.6) is 0 Å². The lowest BCUT2D eigenvalue weighted by molar-refractivity contribution is -0.208. The summed E-state index contributed by atoms with van der Waals surface area (Å²) in [4.78, 5) is 19.0. The summed E-state index contributed by atoms with van der Waals surface area (Å²) < 4.78 is 6.15. The average Bonchev–Trinajstić information content (AvgIpc) is 3.26. The number of aliphatic hydroxyl groups excluding tert-OH is 1. The molecule has 4 heterocycles. The highest BCUT2D eigenvalue weighted by Crippen LogP contribution is 2.40. The van der Waals surface area contributed by atoms with E-state index in [4.69, 9.17) is 4.74 Å². The number of carbonyl (C=O) groups is 1. The molecule has 8 nitrogen and oxygen atoms in total. The first-order valence-electron chi connectivity index (χ1n) is 10.7. The summed E-state index contributed by atoms with van der Waals surface area (Å²) in [5.74, 6) is -0.0397. The zero-order valence-corrected chi connectivity index (χ0v) is 17.5. The van der Waals surface area contributed by atoms with Crippen molar-refractivity contribution in [1.29, 1.82) is 0 Å². The summed E-state index contributed by atoms with van der Waals surface area (Å²) in [6.07, 6.45) is 7.63. The molecule has 1 spiro atoms. The molecule has 0 radical (unpaired) electrons. The Kier molecular flexibility index (Phi) is 6.17. The van der Waals surface area contributed by atoms with Gasteiger partial charge in [-0.05, 0) is 56.4 Å². The van der Waals surface area contributed by atoms with Crippen LogP contribution in [0.4, 0.5) is 0 Å². The van der Waals surface area contributed by atoms with Gasteiger partial charge in [0.1, 0.15) is 6.10 Å². The van der Waals surface area contributed by atoms with E-state index in [2.05, 4.69) is 25.4 Å². The lowest BCUT2D eigenvalue weighted by Gasteiger charge is -2.53. The van der Waals surface area contributed by atoms with E-state index in [9.17, 15) is 9.90 Å². The Labute approximate surface area is 177 Å². The molecule has 8 heteroatoms. The first-order valence-corrected chi connectivity index (χ1v) is 10.7.